The summed E-state index contributed by atoms with van der Waals surface area (Å²) in [5, 5.41) is 0. The summed E-state index contributed by atoms with van der Waals surface area (Å²) in [7, 11) is 0. The molecule has 0 aliphatic carbocycles. The molecule has 1 saturated heterocycles. The number of piperidine rings is 1. The highest BCUT2D eigenvalue weighted by molar-refractivity contribution is 14.1. The van der Waals surface area contributed by atoms with Crippen LogP contribution in [0.2, 0.25) is 0 Å². The minimum Gasteiger partial charge on any atom is -0.304 e. The molecule has 0 aromatic heterocycles. The molecule has 4 heteroatoms. The van der Waals surface area contributed by atoms with E-state index in [9.17, 15) is 0 Å². The van der Waals surface area contributed by atoms with Gasteiger partial charge in [-0.2, -0.15) is 3.64 Å². The Kier molecular flexibility index (Phi) is 6.27. The Bertz CT molecular complexity index is 121. The van der Waals surface area contributed by atoms with Crippen molar-refractivity contribution in [2.45, 2.75) is 26.2 Å². The largest absolute Gasteiger partial charge is 0.304 e. The summed E-state index contributed by atoms with van der Waals surface area (Å²) in [6.45, 7) is 7.18. The molecule has 0 aromatic carbocycles. The molecular weight excluding hydrogens is 277 g/mol. The summed E-state index contributed by atoms with van der Waals surface area (Å²) < 4.78 is 2.94. The van der Waals surface area contributed by atoms with Crippen molar-refractivity contribution in [2.24, 2.45) is 5.92 Å². The van der Waals surface area contributed by atoms with Crippen molar-refractivity contribution in [3.05, 3.63) is 0 Å². The van der Waals surface area contributed by atoms with Crippen molar-refractivity contribution in [1.29, 1.82) is 0 Å². The Morgan fingerprint density at radius 3 is 2.62 bits per heavy atom. The first-order valence-electron chi connectivity index (χ1n) is 5.17. The van der Waals surface area contributed by atoms with Gasteiger partial charge >= 0.3 is 0 Å². The number of nitrogens with one attached hydrogen (secondary N) is 2. The standard InChI is InChI=1S/C9H20IN3/c1-2-13-7-4-9(5-8-13)3-6-11-12-10/h9,11-12H,2-8H2,1H3. The summed E-state index contributed by atoms with van der Waals surface area (Å²) in [5.41, 5.74) is 3.14. The number of hydrazine groups is 1. The number of rotatable bonds is 5. The van der Waals surface area contributed by atoms with Gasteiger partial charge < -0.3 is 4.90 Å². The zero-order chi connectivity index (χ0) is 9.52. The SMILES string of the molecule is CCN1CCC(CCNNI)CC1. The van der Waals surface area contributed by atoms with E-state index >= 15 is 0 Å². The predicted octanol–water partition coefficient (Wildman–Crippen LogP) is 1.55. The first-order chi connectivity index (χ1) is 6.36. The predicted molar refractivity (Wildman–Crippen MR) is 64.6 cm³/mol. The van der Waals surface area contributed by atoms with Crippen LogP contribution in [0, 0.1) is 5.92 Å². The summed E-state index contributed by atoms with van der Waals surface area (Å²) in [5.74, 6) is 0.944. The highest BCUT2D eigenvalue weighted by atomic mass is 127. The van der Waals surface area contributed by atoms with Crippen molar-refractivity contribution >= 4 is 22.9 Å². The van der Waals surface area contributed by atoms with Gasteiger partial charge in [-0.15, -0.1) is 0 Å². The third-order valence-corrected chi connectivity index (χ3v) is 3.28. The van der Waals surface area contributed by atoms with E-state index in [0.717, 1.165) is 12.5 Å². The van der Waals surface area contributed by atoms with Crippen LogP contribution in [0.4, 0.5) is 0 Å². The molecule has 0 atom stereocenters. The summed E-state index contributed by atoms with van der Waals surface area (Å²) >= 11 is 2.12. The van der Waals surface area contributed by atoms with E-state index in [1.54, 1.807) is 0 Å². The highest BCUT2D eigenvalue weighted by Crippen LogP contribution is 2.19. The van der Waals surface area contributed by atoms with Crippen molar-refractivity contribution in [1.82, 2.24) is 14.0 Å². The highest BCUT2D eigenvalue weighted by Gasteiger charge is 2.16. The van der Waals surface area contributed by atoms with Crippen LogP contribution in [-0.2, 0) is 0 Å². The molecule has 1 fully saturated rings. The fraction of sp³-hybridized carbons (Fsp3) is 1.00. The number of halogens is 1. The van der Waals surface area contributed by atoms with Crippen LogP contribution in [-0.4, -0.2) is 31.1 Å². The molecule has 0 amide bonds. The molecule has 0 bridgehead atoms. The van der Waals surface area contributed by atoms with Crippen LogP contribution in [0.1, 0.15) is 26.2 Å². The second-order valence-electron chi connectivity index (χ2n) is 3.69. The van der Waals surface area contributed by atoms with Crippen molar-refractivity contribution < 1.29 is 0 Å². The molecule has 1 heterocycles. The molecule has 0 spiro atoms. The van der Waals surface area contributed by atoms with Gasteiger partial charge in [-0.1, -0.05) is 6.92 Å². The molecule has 1 aliphatic heterocycles. The van der Waals surface area contributed by atoms with Gasteiger partial charge in [0.1, 0.15) is 0 Å². The van der Waals surface area contributed by atoms with Crippen molar-refractivity contribution in [2.75, 3.05) is 26.2 Å². The quantitative estimate of drug-likeness (QED) is 0.349. The molecule has 0 aromatic rings. The molecule has 0 saturated carbocycles. The van der Waals surface area contributed by atoms with Crippen LogP contribution < -0.4 is 9.06 Å². The topological polar surface area (TPSA) is 27.3 Å². The van der Waals surface area contributed by atoms with Gasteiger partial charge in [-0.05, 0) is 44.8 Å². The number of likely N-dealkylation sites (tertiary alicyclic amines) is 1. The minimum atomic E-state index is 0.944. The van der Waals surface area contributed by atoms with E-state index in [0.29, 0.717) is 0 Å². The second-order valence-corrected chi connectivity index (χ2v) is 4.23. The van der Waals surface area contributed by atoms with Crippen LogP contribution in [0.25, 0.3) is 0 Å². The van der Waals surface area contributed by atoms with E-state index in [-0.39, 0.29) is 0 Å². The molecule has 0 radical (unpaired) electrons. The fourth-order valence-corrected chi connectivity index (χ4v) is 2.18. The summed E-state index contributed by atoms with van der Waals surface area (Å²) in [4.78, 5) is 2.54. The van der Waals surface area contributed by atoms with Crippen LogP contribution in [0.15, 0.2) is 0 Å². The third kappa shape index (κ3) is 4.58. The van der Waals surface area contributed by atoms with E-state index in [1.807, 2.05) is 0 Å². The third-order valence-electron chi connectivity index (χ3n) is 2.90. The smallest absolute Gasteiger partial charge is 0.0334 e. The van der Waals surface area contributed by atoms with Crippen LogP contribution >= 0.6 is 22.9 Å². The van der Waals surface area contributed by atoms with Gasteiger partial charge in [0.05, 0.1) is 0 Å². The zero-order valence-corrected chi connectivity index (χ0v) is 10.5. The molecule has 78 valence electrons. The maximum atomic E-state index is 3.14. The van der Waals surface area contributed by atoms with E-state index in [2.05, 4.69) is 43.8 Å². The lowest BCUT2D eigenvalue weighted by Gasteiger charge is -2.30. The molecule has 0 unspecified atom stereocenters. The Morgan fingerprint density at radius 1 is 1.38 bits per heavy atom. The Labute approximate surface area is 95.1 Å². The monoisotopic (exact) mass is 297 g/mol. The Morgan fingerprint density at radius 2 is 2.08 bits per heavy atom. The van der Waals surface area contributed by atoms with Gasteiger partial charge in [-0.3, -0.25) is 0 Å². The maximum Gasteiger partial charge on any atom is 0.0334 e. The Balaban J connectivity index is 2.03. The average molecular weight is 297 g/mol. The summed E-state index contributed by atoms with van der Waals surface area (Å²) in [6, 6.07) is 0. The molecule has 13 heavy (non-hydrogen) atoms. The van der Waals surface area contributed by atoms with Gasteiger partial charge in [0, 0.05) is 29.4 Å². The van der Waals surface area contributed by atoms with E-state index in [4.69, 9.17) is 0 Å². The molecule has 1 rings (SSSR count). The number of hydrogen-bond acceptors (Lipinski definition) is 3. The first-order valence-corrected chi connectivity index (χ1v) is 6.25. The summed E-state index contributed by atoms with van der Waals surface area (Å²) in [6.07, 6.45) is 4.08. The molecular formula is C9H20IN3. The fourth-order valence-electron chi connectivity index (χ4n) is 1.91. The first kappa shape index (κ1) is 11.7. The normalized spacial score (nSPS) is 20.8. The lowest BCUT2D eigenvalue weighted by Crippen LogP contribution is -2.35. The van der Waals surface area contributed by atoms with Crippen molar-refractivity contribution in [3.8, 4) is 0 Å². The minimum absolute atomic E-state index is 0.944. The van der Waals surface area contributed by atoms with Gasteiger partial charge in [0.15, 0.2) is 0 Å². The van der Waals surface area contributed by atoms with Crippen LogP contribution in [0.5, 0.6) is 0 Å². The second kappa shape index (κ2) is 6.98. The van der Waals surface area contributed by atoms with Gasteiger partial charge in [-0.25, -0.2) is 5.43 Å². The molecule has 1 aliphatic rings. The van der Waals surface area contributed by atoms with E-state index < -0.39 is 0 Å². The van der Waals surface area contributed by atoms with E-state index in [1.165, 1.54) is 38.9 Å². The maximum absolute atomic E-state index is 3.14. The van der Waals surface area contributed by atoms with Gasteiger partial charge in [0.25, 0.3) is 0 Å². The van der Waals surface area contributed by atoms with Gasteiger partial charge in [0.2, 0.25) is 0 Å². The lowest BCUT2D eigenvalue weighted by atomic mass is 9.94. The molecule has 2 N–H and O–H groups in total. The lowest BCUT2D eigenvalue weighted by molar-refractivity contribution is 0.186. The molecule has 3 nitrogen and oxygen atoms in total. The average Bonchev–Trinajstić information content (AvgIpc) is 2.19. The van der Waals surface area contributed by atoms with Crippen molar-refractivity contribution in [3.63, 3.8) is 0 Å². The zero-order valence-electron chi connectivity index (χ0n) is 8.35. The number of nitrogens with zero attached hydrogens (tertiary/aromatic N) is 1. The number of hydrogen-bond donors (Lipinski definition) is 2. The van der Waals surface area contributed by atoms with Crippen LogP contribution in [0.3, 0.4) is 0 Å². The Hall–Kier alpha value is 0.610.